The second kappa shape index (κ2) is 4.32. The van der Waals surface area contributed by atoms with Crippen molar-refractivity contribution in [2.24, 2.45) is 23.5 Å². The average molecular weight is 268 g/mol. The lowest BCUT2D eigenvalue weighted by Gasteiger charge is -2.27. The number of hydrogen-bond acceptors (Lipinski definition) is 2. The molecule has 2 aliphatic rings. The number of carbonyl (C=O) groups is 1. The van der Waals surface area contributed by atoms with E-state index in [1.165, 1.54) is 18.2 Å². The summed E-state index contributed by atoms with van der Waals surface area (Å²) in [5.74, 6) is 0.120. The molecule has 2 bridgehead atoms. The summed E-state index contributed by atoms with van der Waals surface area (Å²) in [4.78, 5) is 12.5. The van der Waals surface area contributed by atoms with Crippen LogP contribution in [0.5, 0.6) is 0 Å². The van der Waals surface area contributed by atoms with Crippen LogP contribution in [0.3, 0.4) is 0 Å². The van der Waals surface area contributed by atoms with Gasteiger partial charge in [-0.05, 0) is 49.3 Å². The van der Waals surface area contributed by atoms with Crippen LogP contribution < -0.4 is 5.73 Å². The van der Waals surface area contributed by atoms with Crippen molar-refractivity contribution in [1.29, 1.82) is 0 Å². The predicted octanol–water partition coefficient (Wildman–Crippen LogP) is 3.04. The van der Waals surface area contributed by atoms with Gasteiger partial charge in [0, 0.05) is 17.5 Å². The van der Waals surface area contributed by atoms with Crippen LogP contribution in [-0.4, -0.2) is 11.8 Å². The Balaban J connectivity index is 1.93. The molecule has 0 aliphatic heterocycles. The summed E-state index contributed by atoms with van der Waals surface area (Å²) in [6.45, 7) is 0. The molecule has 2 fully saturated rings. The molecule has 1 aromatic carbocycles. The topological polar surface area (TPSA) is 43.1 Å². The number of rotatable bonds is 2. The molecule has 4 heteroatoms. The van der Waals surface area contributed by atoms with Gasteiger partial charge >= 0.3 is 0 Å². The van der Waals surface area contributed by atoms with Crippen molar-refractivity contribution in [3.05, 3.63) is 34.6 Å². The van der Waals surface area contributed by atoms with E-state index in [2.05, 4.69) is 0 Å². The van der Waals surface area contributed by atoms with Crippen LogP contribution >= 0.6 is 11.6 Å². The zero-order valence-corrected chi connectivity index (χ0v) is 10.7. The summed E-state index contributed by atoms with van der Waals surface area (Å²) in [6, 6.07) is 3.84. The molecule has 18 heavy (non-hydrogen) atoms. The number of benzene rings is 1. The predicted molar refractivity (Wildman–Crippen MR) is 68.0 cm³/mol. The summed E-state index contributed by atoms with van der Waals surface area (Å²) in [5.41, 5.74) is 6.41. The van der Waals surface area contributed by atoms with E-state index in [0.29, 0.717) is 16.9 Å². The van der Waals surface area contributed by atoms with Gasteiger partial charge in [0.05, 0.1) is 5.02 Å². The van der Waals surface area contributed by atoms with Gasteiger partial charge in [0.25, 0.3) is 0 Å². The molecule has 96 valence electrons. The summed E-state index contributed by atoms with van der Waals surface area (Å²) >= 11 is 5.99. The fourth-order valence-corrected chi connectivity index (χ4v) is 3.80. The van der Waals surface area contributed by atoms with E-state index in [4.69, 9.17) is 17.3 Å². The standard InChI is InChI=1S/C14H15ClFNO/c15-11-4-3-9(16)6-10(11)14(18)12-7-1-2-8(5-7)13(12)17/h3-4,6-8,12-13H,1-2,5,17H2. The molecular weight excluding hydrogens is 253 g/mol. The maximum atomic E-state index is 13.2. The quantitative estimate of drug-likeness (QED) is 0.837. The molecule has 0 heterocycles. The van der Waals surface area contributed by atoms with E-state index in [1.807, 2.05) is 0 Å². The maximum absolute atomic E-state index is 13.2. The first-order chi connectivity index (χ1) is 8.58. The van der Waals surface area contributed by atoms with Crippen molar-refractivity contribution in [2.45, 2.75) is 25.3 Å². The van der Waals surface area contributed by atoms with E-state index in [-0.39, 0.29) is 23.3 Å². The molecular formula is C14H15ClFNO. The van der Waals surface area contributed by atoms with Crippen molar-refractivity contribution in [3.63, 3.8) is 0 Å². The normalized spacial score (nSPS) is 33.9. The highest BCUT2D eigenvalue weighted by molar-refractivity contribution is 6.34. The number of ketones is 1. The largest absolute Gasteiger partial charge is 0.327 e. The van der Waals surface area contributed by atoms with E-state index in [9.17, 15) is 9.18 Å². The van der Waals surface area contributed by atoms with Gasteiger partial charge < -0.3 is 5.73 Å². The van der Waals surface area contributed by atoms with Gasteiger partial charge in [0.2, 0.25) is 0 Å². The first kappa shape index (κ1) is 12.1. The molecule has 2 saturated carbocycles. The lowest BCUT2D eigenvalue weighted by Crippen LogP contribution is -2.40. The van der Waals surface area contributed by atoms with Crippen LogP contribution in [0.4, 0.5) is 4.39 Å². The molecule has 0 amide bonds. The molecule has 4 atom stereocenters. The van der Waals surface area contributed by atoms with Gasteiger partial charge in [-0.3, -0.25) is 4.79 Å². The number of hydrogen-bond donors (Lipinski definition) is 1. The van der Waals surface area contributed by atoms with E-state index >= 15 is 0 Å². The summed E-state index contributed by atoms with van der Waals surface area (Å²) in [5, 5.41) is 0.316. The molecule has 2 nitrogen and oxygen atoms in total. The Morgan fingerprint density at radius 3 is 2.72 bits per heavy atom. The highest BCUT2D eigenvalue weighted by Gasteiger charge is 2.49. The number of carbonyl (C=O) groups excluding carboxylic acids is 1. The minimum Gasteiger partial charge on any atom is -0.327 e. The fraction of sp³-hybridized carbons (Fsp3) is 0.500. The molecule has 0 aromatic heterocycles. The van der Waals surface area contributed by atoms with Crippen molar-refractivity contribution in [2.75, 3.05) is 0 Å². The Morgan fingerprint density at radius 1 is 1.33 bits per heavy atom. The number of halogens is 2. The van der Waals surface area contributed by atoms with Crippen LogP contribution in [0.25, 0.3) is 0 Å². The third-order valence-electron chi connectivity index (χ3n) is 4.48. The van der Waals surface area contributed by atoms with Crippen molar-refractivity contribution in [1.82, 2.24) is 0 Å². The molecule has 2 aliphatic carbocycles. The first-order valence-electron chi connectivity index (χ1n) is 6.33. The summed E-state index contributed by atoms with van der Waals surface area (Å²) < 4.78 is 13.2. The highest BCUT2D eigenvalue weighted by atomic mass is 35.5. The zero-order chi connectivity index (χ0) is 12.9. The highest BCUT2D eigenvalue weighted by Crippen LogP contribution is 2.49. The molecule has 3 rings (SSSR count). The lowest BCUT2D eigenvalue weighted by atomic mass is 9.80. The monoisotopic (exact) mass is 267 g/mol. The third-order valence-corrected chi connectivity index (χ3v) is 4.81. The van der Waals surface area contributed by atoms with Gasteiger partial charge in [-0.15, -0.1) is 0 Å². The third kappa shape index (κ3) is 1.77. The van der Waals surface area contributed by atoms with E-state index in [1.54, 1.807) is 0 Å². The summed E-state index contributed by atoms with van der Waals surface area (Å²) in [6.07, 6.45) is 3.21. The Morgan fingerprint density at radius 2 is 2.06 bits per heavy atom. The second-order valence-electron chi connectivity index (χ2n) is 5.42. The molecule has 0 radical (unpaired) electrons. The Kier molecular flexibility index (Phi) is 2.91. The van der Waals surface area contributed by atoms with Gasteiger partial charge in [-0.2, -0.15) is 0 Å². The number of Topliss-reactive ketones (excluding diaryl/α,β-unsaturated/α-hetero) is 1. The SMILES string of the molecule is NC1C2CCC(C2)C1C(=O)c1cc(F)ccc1Cl. The second-order valence-corrected chi connectivity index (χ2v) is 5.83. The van der Waals surface area contributed by atoms with Gasteiger partial charge in [-0.25, -0.2) is 4.39 Å². The van der Waals surface area contributed by atoms with Crippen LogP contribution in [-0.2, 0) is 0 Å². The van der Waals surface area contributed by atoms with Crippen LogP contribution in [0, 0.1) is 23.6 Å². The fourth-order valence-electron chi connectivity index (χ4n) is 3.59. The van der Waals surface area contributed by atoms with Crippen molar-refractivity contribution in [3.8, 4) is 0 Å². The van der Waals surface area contributed by atoms with Crippen molar-refractivity contribution >= 4 is 17.4 Å². The zero-order valence-electron chi connectivity index (χ0n) is 9.90. The maximum Gasteiger partial charge on any atom is 0.169 e. The Labute approximate surface area is 110 Å². The molecule has 1 aromatic rings. The van der Waals surface area contributed by atoms with Crippen LogP contribution in [0.2, 0.25) is 5.02 Å². The minimum absolute atomic E-state index is 0.0841. The molecule has 0 saturated heterocycles. The Bertz CT molecular complexity index is 503. The van der Waals surface area contributed by atoms with E-state index in [0.717, 1.165) is 19.3 Å². The minimum atomic E-state index is -0.431. The summed E-state index contributed by atoms with van der Waals surface area (Å²) in [7, 11) is 0. The first-order valence-corrected chi connectivity index (χ1v) is 6.70. The molecule has 4 unspecified atom stereocenters. The van der Waals surface area contributed by atoms with Gasteiger partial charge in [-0.1, -0.05) is 11.6 Å². The number of fused-ring (bicyclic) bond motifs is 2. The lowest BCUT2D eigenvalue weighted by molar-refractivity contribution is 0.0856. The van der Waals surface area contributed by atoms with Gasteiger partial charge in [0.1, 0.15) is 5.82 Å². The Hall–Kier alpha value is -0.930. The van der Waals surface area contributed by atoms with Crippen LogP contribution in [0.15, 0.2) is 18.2 Å². The molecule has 2 N–H and O–H groups in total. The smallest absolute Gasteiger partial charge is 0.169 e. The average Bonchev–Trinajstić information content (AvgIpc) is 2.92. The molecule has 0 spiro atoms. The van der Waals surface area contributed by atoms with Crippen LogP contribution in [0.1, 0.15) is 29.6 Å². The van der Waals surface area contributed by atoms with Crippen molar-refractivity contribution < 1.29 is 9.18 Å². The number of nitrogens with two attached hydrogens (primary N) is 1. The van der Waals surface area contributed by atoms with Gasteiger partial charge in [0.15, 0.2) is 5.78 Å². The van der Waals surface area contributed by atoms with E-state index < -0.39 is 5.82 Å².